The van der Waals surface area contributed by atoms with Crippen LogP contribution in [0.15, 0.2) is 186 Å². The van der Waals surface area contributed by atoms with Crippen LogP contribution in [0.1, 0.15) is 12.0 Å². The lowest BCUT2D eigenvalue weighted by Crippen LogP contribution is -2.21. The summed E-state index contributed by atoms with van der Waals surface area (Å²) >= 11 is 0. The molecule has 0 saturated carbocycles. The van der Waals surface area contributed by atoms with Crippen LogP contribution in [0.25, 0.3) is 67.1 Å². The Morgan fingerprint density at radius 3 is 2.00 bits per heavy atom. The molecule has 0 unspecified atom stereocenters. The topological polar surface area (TPSA) is 38.5 Å². The number of rotatable bonds is 7. The highest BCUT2D eigenvalue weighted by Gasteiger charge is 2.27. The summed E-state index contributed by atoms with van der Waals surface area (Å²) in [4.78, 5) is 7.12. The van der Waals surface area contributed by atoms with E-state index in [0.717, 1.165) is 70.1 Å². The van der Waals surface area contributed by atoms with E-state index in [2.05, 4.69) is 170 Å². The number of aryl methyl sites for hydroxylation is 1. The predicted octanol–water partition coefficient (Wildman–Crippen LogP) is 11.9. The van der Waals surface area contributed by atoms with Gasteiger partial charge in [-0.1, -0.05) is 132 Å². The van der Waals surface area contributed by atoms with Gasteiger partial charge in [-0.3, -0.25) is 0 Å². The van der Waals surface area contributed by atoms with Gasteiger partial charge in [-0.15, -0.1) is 0 Å². The first kappa shape index (κ1) is 33.3. The van der Waals surface area contributed by atoms with Crippen molar-refractivity contribution in [2.24, 2.45) is 0 Å². The van der Waals surface area contributed by atoms with Crippen LogP contribution in [0.2, 0.25) is 0 Å². The van der Waals surface area contributed by atoms with E-state index in [1.807, 2.05) is 24.3 Å². The van der Waals surface area contributed by atoms with Crippen LogP contribution in [-0.2, 0) is 6.42 Å². The van der Waals surface area contributed by atoms with Crippen molar-refractivity contribution in [1.29, 1.82) is 0 Å². The second kappa shape index (κ2) is 13.9. The SMILES string of the molecule is [B]1c2ccccc2-c2c1cc(-c1ccc(N(c3ccc(-c4ccccc4)cc3)c3cccc(-c4nc5ccccc5o4)c3)cc1)cc2-c1cccc2c1OCCC2. The lowest BCUT2D eigenvalue weighted by molar-refractivity contribution is 0.289. The minimum atomic E-state index is 0.601. The second-order valence-electron chi connectivity index (χ2n) is 14.8. The van der Waals surface area contributed by atoms with Gasteiger partial charge in [0, 0.05) is 28.2 Å². The molecular formula is C52H36BN2O2. The second-order valence-corrected chi connectivity index (χ2v) is 14.8. The molecule has 4 nitrogen and oxygen atoms in total. The summed E-state index contributed by atoms with van der Waals surface area (Å²) in [7, 11) is 2.33. The number of nitrogens with zero attached hydrogens (tertiary/aromatic N) is 2. The first-order chi connectivity index (χ1) is 28.2. The zero-order valence-corrected chi connectivity index (χ0v) is 31.2. The summed E-state index contributed by atoms with van der Waals surface area (Å²) in [6.07, 6.45) is 2.09. The number of benzene rings is 8. The third-order valence-electron chi connectivity index (χ3n) is 11.3. The van der Waals surface area contributed by atoms with E-state index in [1.54, 1.807) is 0 Å². The van der Waals surface area contributed by atoms with Gasteiger partial charge < -0.3 is 14.1 Å². The maximum Gasteiger partial charge on any atom is 0.227 e. The highest BCUT2D eigenvalue weighted by atomic mass is 16.5. The van der Waals surface area contributed by atoms with Crippen LogP contribution >= 0.6 is 0 Å². The van der Waals surface area contributed by atoms with Gasteiger partial charge in [0.25, 0.3) is 0 Å². The molecule has 0 fully saturated rings. The Morgan fingerprint density at radius 1 is 0.491 bits per heavy atom. The lowest BCUT2D eigenvalue weighted by atomic mass is 9.67. The molecule has 8 aromatic carbocycles. The fourth-order valence-electron chi connectivity index (χ4n) is 8.53. The molecule has 0 bridgehead atoms. The third kappa shape index (κ3) is 6.00. The number of hydrogen-bond acceptors (Lipinski definition) is 4. The van der Waals surface area contributed by atoms with Crippen molar-refractivity contribution in [3.8, 4) is 61.7 Å². The summed E-state index contributed by atoms with van der Waals surface area (Å²) in [6.45, 7) is 0.749. The monoisotopic (exact) mass is 731 g/mol. The highest BCUT2D eigenvalue weighted by Crippen LogP contribution is 2.44. The fraction of sp³-hybridized carbons (Fsp3) is 0.0577. The molecule has 0 aliphatic carbocycles. The van der Waals surface area contributed by atoms with Crippen LogP contribution in [0.5, 0.6) is 5.75 Å². The van der Waals surface area contributed by atoms with E-state index in [1.165, 1.54) is 49.9 Å². The zero-order chi connectivity index (χ0) is 37.7. The van der Waals surface area contributed by atoms with Crippen LogP contribution in [0.4, 0.5) is 17.1 Å². The quantitative estimate of drug-likeness (QED) is 0.153. The minimum absolute atomic E-state index is 0.601. The molecule has 269 valence electrons. The molecule has 2 aliphatic heterocycles. The number of aromatic nitrogens is 1. The van der Waals surface area contributed by atoms with E-state index in [9.17, 15) is 0 Å². The molecule has 9 aromatic rings. The van der Waals surface area contributed by atoms with Gasteiger partial charge in [0.05, 0.1) is 6.61 Å². The van der Waals surface area contributed by atoms with E-state index in [0.29, 0.717) is 5.89 Å². The normalized spacial score (nSPS) is 12.6. The number of hydrogen-bond donors (Lipinski definition) is 0. The van der Waals surface area contributed by atoms with Crippen molar-refractivity contribution in [3.63, 3.8) is 0 Å². The summed E-state index contributed by atoms with van der Waals surface area (Å²) in [5.74, 6) is 1.63. The van der Waals surface area contributed by atoms with Gasteiger partial charge in [-0.05, 0) is 118 Å². The first-order valence-corrected chi connectivity index (χ1v) is 19.6. The number of ether oxygens (including phenoxy) is 1. The standard InChI is InChI=1S/C52H36BN2O2/c1-2-11-34(12-3-1)35-22-26-40(27-23-35)55(42-16-8-14-38(31-42)52-54-48-20-6-7-21-49(48)57-52)41-28-24-36(25-29-41)39-32-45(43-18-9-13-37-15-10-30-56-51(37)43)50-44-17-4-5-19-46(44)53-47(50)33-39/h1-9,11-14,16-29,31-33H,10,15,30H2. The smallest absolute Gasteiger partial charge is 0.227 e. The molecule has 2 aliphatic rings. The summed E-state index contributed by atoms with van der Waals surface area (Å²) < 4.78 is 12.6. The van der Waals surface area contributed by atoms with Gasteiger partial charge in [0.1, 0.15) is 11.3 Å². The van der Waals surface area contributed by atoms with Crippen molar-refractivity contribution < 1.29 is 9.15 Å². The Labute approximate surface area is 332 Å². The van der Waals surface area contributed by atoms with Gasteiger partial charge in [-0.25, -0.2) is 4.98 Å². The minimum Gasteiger partial charge on any atom is -0.493 e. The average molecular weight is 732 g/mol. The molecule has 0 amide bonds. The van der Waals surface area contributed by atoms with Gasteiger partial charge in [0.15, 0.2) is 12.9 Å². The Morgan fingerprint density at radius 2 is 1.18 bits per heavy atom. The van der Waals surface area contributed by atoms with E-state index < -0.39 is 0 Å². The Kier molecular flexibility index (Phi) is 8.10. The van der Waals surface area contributed by atoms with Crippen molar-refractivity contribution >= 4 is 46.4 Å². The maximum absolute atomic E-state index is 6.39. The molecule has 0 saturated heterocycles. The van der Waals surface area contributed by atoms with E-state index in [-0.39, 0.29) is 0 Å². The third-order valence-corrected chi connectivity index (χ3v) is 11.3. The molecular weight excluding hydrogens is 695 g/mol. The van der Waals surface area contributed by atoms with Gasteiger partial charge >= 0.3 is 0 Å². The number of fused-ring (bicyclic) bond motifs is 5. The first-order valence-electron chi connectivity index (χ1n) is 19.6. The van der Waals surface area contributed by atoms with E-state index in [4.69, 9.17) is 14.1 Å². The molecule has 3 heterocycles. The van der Waals surface area contributed by atoms with Crippen molar-refractivity contribution in [2.45, 2.75) is 12.8 Å². The highest BCUT2D eigenvalue weighted by molar-refractivity contribution is 6.73. The summed E-state index contributed by atoms with van der Waals surface area (Å²) in [5, 5.41) is 0. The maximum atomic E-state index is 6.39. The average Bonchev–Trinajstić information content (AvgIpc) is 3.89. The zero-order valence-electron chi connectivity index (χ0n) is 31.2. The fourth-order valence-corrected chi connectivity index (χ4v) is 8.53. The van der Waals surface area contributed by atoms with Crippen LogP contribution < -0.4 is 20.6 Å². The Bertz CT molecular complexity index is 2900. The molecule has 0 atom stereocenters. The van der Waals surface area contributed by atoms with Crippen LogP contribution in [0.3, 0.4) is 0 Å². The molecule has 0 spiro atoms. The predicted molar refractivity (Wildman–Crippen MR) is 235 cm³/mol. The van der Waals surface area contributed by atoms with Crippen LogP contribution in [0, 0.1) is 0 Å². The van der Waals surface area contributed by atoms with Crippen molar-refractivity contribution in [1.82, 2.24) is 4.98 Å². The molecule has 0 N–H and O–H groups in total. The van der Waals surface area contributed by atoms with E-state index >= 15 is 0 Å². The number of oxazole rings is 1. The molecule has 5 heteroatoms. The lowest BCUT2D eigenvalue weighted by Gasteiger charge is -2.26. The largest absolute Gasteiger partial charge is 0.493 e. The molecule has 1 radical (unpaired) electrons. The summed E-state index contributed by atoms with van der Waals surface area (Å²) in [6, 6.07) is 64.6. The molecule has 57 heavy (non-hydrogen) atoms. The molecule has 11 rings (SSSR count). The number of anilines is 3. The number of para-hydroxylation sites is 3. The van der Waals surface area contributed by atoms with Crippen LogP contribution in [-0.4, -0.2) is 18.9 Å². The summed E-state index contributed by atoms with van der Waals surface area (Å²) in [5.41, 5.74) is 19.0. The van der Waals surface area contributed by atoms with Crippen molar-refractivity contribution in [2.75, 3.05) is 11.5 Å². The van der Waals surface area contributed by atoms with Gasteiger partial charge in [-0.2, -0.15) is 0 Å². The van der Waals surface area contributed by atoms with Crippen molar-refractivity contribution in [3.05, 3.63) is 188 Å². The Hall–Kier alpha value is -7.11. The van der Waals surface area contributed by atoms with Gasteiger partial charge in [0.2, 0.25) is 5.89 Å². The Balaban J connectivity index is 1.01. The molecule has 1 aromatic heterocycles.